The number of aliphatic hydroxyl groups excluding tert-OH is 1. The lowest BCUT2D eigenvalue weighted by atomic mass is 9.84. The average molecular weight is 477 g/mol. The molecule has 1 aliphatic heterocycles. The van der Waals surface area contributed by atoms with Gasteiger partial charge >= 0.3 is 0 Å². The van der Waals surface area contributed by atoms with Gasteiger partial charge < -0.3 is 9.84 Å². The Kier molecular flexibility index (Phi) is 6.19. The van der Waals surface area contributed by atoms with Gasteiger partial charge in [0.15, 0.2) is 0 Å². The smallest absolute Gasteiger partial charge is 0.300 e. The maximum absolute atomic E-state index is 13.3. The van der Waals surface area contributed by atoms with Gasteiger partial charge in [-0.15, -0.1) is 0 Å². The number of amides is 1. The van der Waals surface area contributed by atoms with Gasteiger partial charge in [0.1, 0.15) is 11.5 Å². The first kappa shape index (κ1) is 23.5. The molecule has 1 aromatic heterocycles. The number of rotatable bonds is 4. The highest BCUT2D eigenvalue weighted by molar-refractivity contribution is 6.51. The molecule has 0 saturated carbocycles. The second kappa shape index (κ2) is 8.95. The zero-order valence-electron chi connectivity index (χ0n) is 19.4. The highest BCUT2D eigenvalue weighted by Crippen LogP contribution is 2.43. The van der Waals surface area contributed by atoms with E-state index >= 15 is 0 Å². The molecule has 0 radical (unpaired) electrons. The Morgan fingerprint density at radius 2 is 1.68 bits per heavy atom. The molecule has 4 rings (SSSR count). The summed E-state index contributed by atoms with van der Waals surface area (Å²) in [7, 11) is 1.59. The first-order valence-electron chi connectivity index (χ1n) is 10.8. The SMILES string of the molecule is COc1ccc(/C(O)=C2/C(=O)C(=O)N(c3ccc(Cl)cc3)C2c2ccncc2)cc1C(C)(C)C. The number of ketones is 1. The second-order valence-corrected chi connectivity index (χ2v) is 9.53. The molecule has 1 amide bonds. The topological polar surface area (TPSA) is 79.7 Å². The van der Waals surface area contributed by atoms with Gasteiger partial charge in [0.25, 0.3) is 11.7 Å². The fourth-order valence-electron chi connectivity index (χ4n) is 4.16. The van der Waals surface area contributed by atoms with Gasteiger partial charge in [0.05, 0.1) is 18.7 Å². The van der Waals surface area contributed by atoms with Crippen LogP contribution in [0.25, 0.3) is 5.76 Å². The Labute approximate surface area is 203 Å². The lowest BCUT2D eigenvalue weighted by molar-refractivity contribution is -0.132. The number of halogens is 1. The van der Waals surface area contributed by atoms with Crippen molar-refractivity contribution in [3.8, 4) is 5.75 Å². The van der Waals surface area contributed by atoms with Crippen molar-refractivity contribution in [3.05, 3.63) is 94.3 Å². The molecule has 0 aliphatic carbocycles. The summed E-state index contributed by atoms with van der Waals surface area (Å²) in [6.07, 6.45) is 3.17. The number of benzene rings is 2. The van der Waals surface area contributed by atoms with Gasteiger partial charge in [0.2, 0.25) is 0 Å². The lowest BCUT2D eigenvalue weighted by Gasteiger charge is -2.26. The minimum atomic E-state index is -0.829. The maximum atomic E-state index is 13.3. The molecule has 2 aromatic carbocycles. The van der Waals surface area contributed by atoms with Gasteiger partial charge in [-0.05, 0) is 65.6 Å². The number of ether oxygens (including phenoxy) is 1. The van der Waals surface area contributed by atoms with Crippen LogP contribution in [0.2, 0.25) is 5.02 Å². The van der Waals surface area contributed by atoms with Gasteiger partial charge in [-0.2, -0.15) is 0 Å². The normalized spacial score (nSPS) is 17.8. The van der Waals surface area contributed by atoms with E-state index < -0.39 is 17.7 Å². The zero-order valence-corrected chi connectivity index (χ0v) is 20.1. The van der Waals surface area contributed by atoms with Crippen molar-refractivity contribution in [1.29, 1.82) is 0 Å². The highest BCUT2D eigenvalue weighted by atomic mass is 35.5. The maximum Gasteiger partial charge on any atom is 0.300 e. The van der Waals surface area contributed by atoms with Crippen molar-refractivity contribution < 1.29 is 19.4 Å². The molecule has 6 nitrogen and oxygen atoms in total. The van der Waals surface area contributed by atoms with Crippen molar-refractivity contribution in [2.75, 3.05) is 12.0 Å². The van der Waals surface area contributed by atoms with E-state index in [1.165, 1.54) is 4.90 Å². The number of pyridine rings is 1. The lowest BCUT2D eigenvalue weighted by Crippen LogP contribution is -2.29. The number of carbonyl (C=O) groups excluding carboxylic acids is 2. The number of hydrogen-bond donors (Lipinski definition) is 1. The van der Waals surface area contributed by atoms with Gasteiger partial charge in [-0.25, -0.2) is 0 Å². The minimum Gasteiger partial charge on any atom is -0.507 e. The molecule has 1 saturated heterocycles. The summed E-state index contributed by atoms with van der Waals surface area (Å²) in [6, 6.07) is 14.5. The van der Waals surface area contributed by atoms with Crippen LogP contribution in [0.4, 0.5) is 5.69 Å². The number of hydrogen-bond acceptors (Lipinski definition) is 5. The third-order valence-corrected chi connectivity index (χ3v) is 6.10. The van der Waals surface area contributed by atoms with Crippen molar-refractivity contribution in [2.45, 2.75) is 32.2 Å². The van der Waals surface area contributed by atoms with Crippen molar-refractivity contribution in [1.82, 2.24) is 4.98 Å². The van der Waals surface area contributed by atoms with Crippen molar-refractivity contribution in [2.24, 2.45) is 0 Å². The van der Waals surface area contributed by atoms with Crippen LogP contribution in [-0.2, 0) is 15.0 Å². The Balaban J connectivity index is 1.94. The summed E-state index contributed by atoms with van der Waals surface area (Å²) in [5.41, 5.74) is 2.18. The standard InChI is InChI=1S/C27H25ClN2O4/c1-27(2,3)20-15-17(5-10-21(20)34-4)24(31)22-23(16-11-13-29-14-12-16)30(26(33)25(22)32)19-8-6-18(28)7-9-19/h5-15,23,31H,1-4H3/b24-22-. The molecule has 0 bridgehead atoms. The van der Waals surface area contributed by atoms with E-state index in [4.69, 9.17) is 16.3 Å². The quantitative estimate of drug-likeness (QED) is 0.298. The van der Waals surface area contributed by atoms with E-state index in [-0.39, 0.29) is 16.7 Å². The third-order valence-electron chi connectivity index (χ3n) is 5.85. The molecule has 1 fully saturated rings. The van der Waals surface area contributed by atoms with Crippen LogP contribution in [0, 0.1) is 0 Å². The van der Waals surface area contributed by atoms with Gasteiger partial charge in [-0.1, -0.05) is 32.4 Å². The summed E-state index contributed by atoms with van der Waals surface area (Å²) >= 11 is 6.03. The number of anilines is 1. The second-order valence-electron chi connectivity index (χ2n) is 9.09. The summed E-state index contributed by atoms with van der Waals surface area (Å²) in [5.74, 6) is -1.06. The predicted octanol–water partition coefficient (Wildman–Crippen LogP) is 5.67. The minimum absolute atomic E-state index is 0.0103. The fourth-order valence-corrected chi connectivity index (χ4v) is 4.28. The molecule has 1 unspecified atom stereocenters. The predicted molar refractivity (Wildman–Crippen MR) is 132 cm³/mol. The molecular formula is C27H25ClN2O4. The number of Topliss-reactive ketones (excluding diaryl/α,β-unsaturated/α-hetero) is 1. The Hall–Kier alpha value is -3.64. The average Bonchev–Trinajstić information content (AvgIpc) is 3.09. The Morgan fingerprint density at radius 3 is 2.26 bits per heavy atom. The van der Waals surface area contributed by atoms with Crippen molar-refractivity contribution in [3.63, 3.8) is 0 Å². The molecule has 1 aliphatic rings. The van der Waals surface area contributed by atoms with Crippen LogP contribution in [0.1, 0.15) is 43.5 Å². The highest BCUT2D eigenvalue weighted by Gasteiger charge is 2.47. The molecule has 2 heterocycles. The van der Waals surface area contributed by atoms with E-state index in [9.17, 15) is 14.7 Å². The van der Waals surface area contributed by atoms with Gasteiger partial charge in [-0.3, -0.25) is 19.5 Å². The first-order valence-corrected chi connectivity index (χ1v) is 11.2. The number of aliphatic hydroxyl groups is 1. The summed E-state index contributed by atoms with van der Waals surface area (Å²) in [5, 5.41) is 11.9. The summed E-state index contributed by atoms with van der Waals surface area (Å²) in [6.45, 7) is 6.10. The number of aromatic nitrogens is 1. The molecule has 0 spiro atoms. The Bertz CT molecular complexity index is 1280. The van der Waals surface area contributed by atoms with E-state index in [1.54, 1.807) is 74.1 Å². The molecule has 34 heavy (non-hydrogen) atoms. The van der Waals surface area contributed by atoms with Crippen LogP contribution in [0.15, 0.2) is 72.6 Å². The largest absolute Gasteiger partial charge is 0.507 e. The van der Waals surface area contributed by atoms with Crippen LogP contribution < -0.4 is 9.64 Å². The first-order chi connectivity index (χ1) is 16.1. The van der Waals surface area contributed by atoms with E-state index in [1.807, 2.05) is 20.8 Å². The number of methoxy groups -OCH3 is 1. The molecular weight excluding hydrogens is 452 g/mol. The summed E-state index contributed by atoms with van der Waals surface area (Å²) in [4.78, 5) is 31.9. The molecule has 1 atom stereocenters. The van der Waals surface area contributed by atoms with E-state index in [0.717, 1.165) is 5.56 Å². The van der Waals surface area contributed by atoms with Crippen LogP contribution in [0.5, 0.6) is 5.75 Å². The molecule has 7 heteroatoms. The summed E-state index contributed by atoms with van der Waals surface area (Å²) < 4.78 is 5.50. The van der Waals surface area contributed by atoms with Crippen LogP contribution in [-0.4, -0.2) is 28.9 Å². The number of carbonyl (C=O) groups is 2. The molecule has 1 N–H and O–H groups in total. The monoisotopic (exact) mass is 476 g/mol. The molecule has 3 aromatic rings. The fraction of sp³-hybridized carbons (Fsp3) is 0.222. The van der Waals surface area contributed by atoms with E-state index in [0.29, 0.717) is 27.6 Å². The number of nitrogens with zero attached hydrogens (tertiary/aromatic N) is 2. The van der Waals surface area contributed by atoms with E-state index in [2.05, 4.69) is 4.98 Å². The Morgan fingerprint density at radius 1 is 1.03 bits per heavy atom. The van der Waals surface area contributed by atoms with Crippen LogP contribution >= 0.6 is 11.6 Å². The van der Waals surface area contributed by atoms with Crippen molar-refractivity contribution >= 4 is 34.7 Å². The third kappa shape index (κ3) is 4.17. The van der Waals surface area contributed by atoms with Gasteiger partial charge in [0, 0.05) is 34.2 Å². The van der Waals surface area contributed by atoms with Crippen LogP contribution in [0.3, 0.4) is 0 Å². The zero-order chi connectivity index (χ0) is 24.6. The molecule has 174 valence electrons.